The summed E-state index contributed by atoms with van der Waals surface area (Å²) in [5.41, 5.74) is 1.88. The average Bonchev–Trinajstić information content (AvgIpc) is 2.70. The van der Waals surface area contributed by atoms with Gasteiger partial charge in [-0.15, -0.1) is 0 Å². The van der Waals surface area contributed by atoms with Gasteiger partial charge >= 0.3 is 0 Å². The number of hydrogen-bond acceptors (Lipinski definition) is 3. The Labute approximate surface area is 97.5 Å². The number of aldehydes is 1. The molecule has 0 aliphatic rings. The van der Waals surface area contributed by atoms with Crippen LogP contribution in [0.3, 0.4) is 0 Å². The monoisotopic (exact) mass is 234 g/mol. The molecule has 2 rings (SSSR count). The summed E-state index contributed by atoms with van der Waals surface area (Å²) in [5, 5.41) is 0. The Morgan fingerprint density at radius 3 is 2.76 bits per heavy atom. The molecule has 1 N–H and O–H groups in total. The first kappa shape index (κ1) is 11.3. The van der Waals surface area contributed by atoms with Crippen molar-refractivity contribution in [2.75, 3.05) is 7.11 Å². The van der Waals surface area contributed by atoms with Gasteiger partial charge in [-0.25, -0.2) is 9.37 Å². The number of H-pyrrole nitrogens is 1. The van der Waals surface area contributed by atoms with Crippen molar-refractivity contribution in [1.82, 2.24) is 9.97 Å². The summed E-state index contributed by atoms with van der Waals surface area (Å²) in [6, 6.07) is 4.55. The van der Waals surface area contributed by atoms with Crippen molar-refractivity contribution in [2.24, 2.45) is 0 Å². The number of imidazole rings is 1. The number of carbonyl (C=O) groups excluding carboxylic acids is 1. The van der Waals surface area contributed by atoms with E-state index in [9.17, 15) is 9.18 Å². The van der Waals surface area contributed by atoms with E-state index in [1.807, 2.05) is 0 Å². The van der Waals surface area contributed by atoms with Crippen molar-refractivity contribution < 1.29 is 13.9 Å². The maximum atomic E-state index is 13.5. The fraction of sp³-hybridized carbons (Fsp3) is 0.167. The fourth-order valence-corrected chi connectivity index (χ4v) is 1.63. The molecule has 5 heteroatoms. The molecule has 0 aliphatic heterocycles. The summed E-state index contributed by atoms with van der Waals surface area (Å²) in [4.78, 5) is 17.5. The van der Waals surface area contributed by atoms with Crippen molar-refractivity contribution in [3.63, 3.8) is 0 Å². The molecule has 1 aromatic carbocycles. The molecule has 1 heterocycles. The average molecular weight is 234 g/mol. The number of nitrogens with one attached hydrogen (secondary N) is 1. The van der Waals surface area contributed by atoms with Crippen molar-refractivity contribution in [3.05, 3.63) is 35.5 Å². The van der Waals surface area contributed by atoms with Gasteiger partial charge in [-0.2, -0.15) is 0 Å². The molecule has 0 amide bonds. The van der Waals surface area contributed by atoms with E-state index in [-0.39, 0.29) is 11.6 Å². The quantitative estimate of drug-likeness (QED) is 0.829. The van der Waals surface area contributed by atoms with Crippen molar-refractivity contribution in [3.8, 4) is 17.0 Å². The maximum absolute atomic E-state index is 13.5. The molecule has 0 bridgehead atoms. The van der Waals surface area contributed by atoms with Crippen molar-refractivity contribution >= 4 is 6.29 Å². The van der Waals surface area contributed by atoms with Crippen molar-refractivity contribution in [1.29, 1.82) is 0 Å². The molecule has 0 aliphatic carbocycles. The molecule has 4 nitrogen and oxygen atoms in total. The number of aromatic amines is 1. The lowest BCUT2D eigenvalue weighted by atomic mass is 10.1. The van der Waals surface area contributed by atoms with Crippen LogP contribution in [0.25, 0.3) is 11.3 Å². The third-order valence-electron chi connectivity index (χ3n) is 2.44. The van der Waals surface area contributed by atoms with E-state index in [1.165, 1.54) is 19.2 Å². The molecular weight excluding hydrogens is 223 g/mol. The largest absolute Gasteiger partial charge is 0.494 e. The van der Waals surface area contributed by atoms with E-state index in [0.717, 1.165) is 5.69 Å². The standard InChI is InChI=1S/C12H11FN2O2/c1-7-12(15-11(6-16)14-7)8-3-4-10(17-2)9(13)5-8/h3-6H,1-2H3,(H,14,15). The van der Waals surface area contributed by atoms with Gasteiger partial charge in [-0.1, -0.05) is 0 Å². The minimum atomic E-state index is -0.458. The second kappa shape index (κ2) is 4.37. The summed E-state index contributed by atoms with van der Waals surface area (Å²) < 4.78 is 18.4. The van der Waals surface area contributed by atoms with Crippen LogP contribution in [0.4, 0.5) is 4.39 Å². The number of ether oxygens (including phenoxy) is 1. The Balaban J connectivity index is 2.49. The maximum Gasteiger partial charge on any atom is 0.185 e. The number of methoxy groups -OCH3 is 1. The first-order valence-electron chi connectivity index (χ1n) is 5.01. The van der Waals surface area contributed by atoms with Gasteiger partial charge in [0.25, 0.3) is 0 Å². The molecule has 0 atom stereocenters. The summed E-state index contributed by atoms with van der Waals surface area (Å²) in [5.74, 6) is -0.0497. The molecular formula is C12H11FN2O2. The van der Waals surface area contributed by atoms with Gasteiger partial charge in [0.05, 0.1) is 12.8 Å². The van der Waals surface area contributed by atoms with E-state index in [2.05, 4.69) is 9.97 Å². The zero-order valence-electron chi connectivity index (χ0n) is 9.45. The van der Waals surface area contributed by atoms with Gasteiger partial charge in [-0.3, -0.25) is 4.79 Å². The Hall–Kier alpha value is -2.17. The van der Waals surface area contributed by atoms with Gasteiger partial charge < -0.3 is 9.72 Å². The minimum Gasteiger partial charge on any atom is -0.494 e. The molecule has 0 fully saturated rings. The SMILES string of the molecule is COc1ccc(-c2nc(C=O)[nH]c2C)cc1F. The predicted molar refractivity (Wildman–Crippen MR) is 60.7 cm³/mol. The lowest BCUT2D eigenvalue weighted by Gasteiger charge is -2.03. The van der Waals surface area contributed by atoms with Gasteiger partial charge in [0.15, 0.2) is 23.7 Å². The Morgan fingerprint density at radius 2 is 2.24 bits per heavy atom. The topological polar surface area (TPSA) is 55.0 Å². The summed E-state index contributed by atoms with van der Waals surface area (Å²) in [6.45, 7) is 1.78. The molecule has 88 valence electrons. The smallest absolute Gasteiger partial charge is 0.185 e. The van der Waals surface area contributed by atoms with Crippen LogP contribution in [0.5, 0.6) is 5.75 Å². The van der Waals surface area contributed by atoms with Crippen LogP contribution in [-0.4, -0.2) is 23.4 Å². The number of aryl methyl sites for hydroxylation is 1. The van der Waals surface area contributed by atoms with Crippen LogP contribution >= 0.6 is 0 Å². The van der Waals surface area contributed by atoms with Crippen LogP contribution < -0.4 is 4.74 Å². The second-order valence-corrected chi connectivity index (χ2v) is 3.56. The lowest BCUT2D eigenvalue weighted by Crippen LogP contribution is -1.89. The molecule has 0 saturated carbocycles. The summed E-state index contributed by atoms with van der Waals surface area (Å²) in [7, 11) is 1.41. The first-order valence-corrected chi connectivity index (χ1v) is 5.01. The van der Waals surface area contributed by atoms with Gasteiger partial charge in [0.1, 0.15) is 0 Å². The van der Waals surface area contributed by atoms with Gasteiger partial charge in [-0.05, 0) is 25.1 Å². The molecule has 0 saturated heterocycles. The van der Waals surface area contributed by atoms with Crippen LogP contribution in [0.2, 0.25) is 0 Å². The fourth-order valence-electron chi connectivity index (χ4n) is 1.63. The Morgan fingerprint density at radius 1 is 1.47 bits per heavy atom. The van der Waals surface area contributed by atoms with Crippen LogP contribution in [0, 0.1) is 12.7 Å². The zero-order valence-corrected chi connectivity index (χ0v) is 9.45. The molecule has 17 heavy (non-hydrogen) atoms. The Kier molecular flexibility index (Phi) is 2.91. The summed E-state index contributed by atoms with van der Waals surface area (Å²) >= 11 is 0. The highest BCUT2D eigenvalue weighted by molar-refractivity contribution is 5.73. The number of benzene rings is 1. The third-order valence-corrected chi connectivity index (χ3v) is 2.44. The number of aromatic nitrogens is 2. The van der Waals surface area contributed by atoms with Crippen LogP contribution in [0.1, 0.15) is 16.3 Å². The van der Waals surface area contributed by atoms with E-state index in [4.69, 9.17) is 4.74 Å². The number of hydrogen-bond donors (Lipinski definition) is 1. The van der Waals surface area contributed by atoms with Gasteiger partial charge in [0, 0.05) is 11.3 Å². The van der Waals surface area contributed by atoms with E-state index < -0.39 is 5.82 Å². The molecule has 0 radical (unpaired) electrons. The number of nitrogens with zero attached hydrogens (tertiary/aromatic N) is 1. The molecule has 1 aromatic heterocycles. The Bertz CT molecular complexity index is 564. The molecule has 0 unspecified atom stereocenters. The van der Waals surface area contributed by atoms with Crippen molar-refractivity contribution in [2.45, 2.75) is 6.92 Å². The van der Waals surface area contributed by atoms with Crippen LogP contribution in [-0.2, 0) is 0 Å². The third kappa shape index (κ3) is 2.04. The second-order valence-electron chi connectivity index (χ2n) is 3.56. The lowest BCUT2D eigenvalue weighted by molar-refractivity contribution is 0.111. The first-order chi connectivity index (χ1) is 8.15. The minimum absolute atomic E-state index is 0.178. The van der Waals surface area contributed by atoms with E-state index in [0.29, 0.717) is 17.5 Å². The van der Waals surface area contributed by atoms with E-state index in [1.54, 1.807) is 13.0 Å². The van der Waals surface area contributed by atoms with Crippen LogP contribution in [0.15, 0.2) is 18.2 Å². The van der Waals surface area contributed by atoms with E-state index >= 15 is 0 Å². The zero-order chi connectivity index (χ0) is 12.4. The normalized spacial score (nSPS) is 10.3. The highest BCUT2D eigenvalue weighted by Crippen LogP contribution is 2.26. The number of halogens is 1. The highest BCUT2D eigenvalue weighted by Gasteiger charge is 2.11. The number of carbonyl (C=O) groups is 1. The molecule has 0 spiro atoms. The molecule has 2 aromatic rings. The highest BCUT2D eigenvalue weighted by atomic mass is 19.1. The number of rotatable bonds is 3. The summed E-state index contributed by atoms with van der Waals surface area (Å²) in [6.07, 6.45) is 0.621. The van der Waals surface area contributed by atoms with Gasteiger partial charge in [0.2, 0.25) is 0 Å². The predicted octanol–water partition coefficient (Wildman–Crippen LogP) is 2.35.